The number of hydrogen-bond acceptors (Lipinski definition) is 19. The van der Waals surface area contributed by atoms with Crippen LogP contribution in [-0.2, 0) is 102 Å². The molecule has 0 unspecified atom stereocenters. The van der Waals surface area contributed by atoms with Crippen molar-refractivity contribution in [3.63, 3.8) is 0 Å². The Hall–Kier alpha value is -13.9. The van der Waals surface area contributed by atoms with E-state index in [4.69, 9.17) is 56.4 Å². The normalized spacial score (nSPS) is 12.2. The van der Waals surface area contributed by atoms with Gasteiger partial charge < -0.3 is 117 Å². The van der Waals surface area contributed by atoms with E-state index in [0.717, 1.165) is 11.1 Å². The van der Waals surface area contributed by atoms with Crippen LogP contribution in [0.3, 0.4) is 0 Å². The highest BCUT2D eigenvalue weighted by Gasteiger charge is 2.35. The summed E-state index contributed by atoms with van der Waals surface area (Å²) >= 11 is 0. The molecule has 6 atom stereocenters. The molecule has 756 valence electrons. The van der Waals surface area contributed by atoms with Gasteiger partial charge in [-0.3, -0.25) is 78.6 Å². The van der Waals surface area contributed by atoms with E-state index in [2.05, 4.69) is 47.9 Å². The highest BCUT2D eigenvalue weighted by Crippen LogP contribution is 2.21. The van der Waals surface area contributed by atoms with E-state index in [0.29, 0.717) is 125 Å². The van der Waals surface area contributed by atoms with E-state index >= 15 is 19.2 Å². The van der Waals surface area contributed by atoms with Crippen LogP contribution >= 0.6 is 0 Å². The molecule has 38 heteroatoms. The summed E-state index contributed by atoms with van der Waals surface area (Å²) in [5.41, 5.74) is 44.6. The molecule has 0 bridgehead atoms. The van der Waals surface area contributed by atoms with Crippen LogP contribution in [0.4, 0.5) is 0 Å². The molecule has 6 aromatic rings. The predicted octanol–water partition coefficient (Wildman–Crippen LogP) is 4.26. The predicted molar refractivity (Wildman–Crippen MR) is 535 cm³/mol. The maximum atomic E-state index is 15.6. The molecule has 0 fully saturated rings. The molecule has 38 nitrogen and oxygen atoms in total. The molecule has 26 N–H and O–H groups in total. The van der Waals surface area contributed by atoms with E-state index < -0.39 is 113 Å². The van der Waals surface area contributed by atoms with Crippen LogP contribution < -0.4 is 88.0 Å². The largest absolute Gasteiger partial charge is 0.370 e. The number of unbranched alkanes of at least 4 members (excludes halogenated alkanes) is 6. The fourth-order valence-corrected chi connectivity index (χ4v) is 15.9. The number of rotatable bonds is 69. The summed E-state index contributed by atoms with van der Waals surface area (Å²) < 4.78 is 0. The lowest BCUT2D eigenvalue weighted by atomic mass is 10.1. The zero-order valence-corrected chi connectivity index (χ0v) is 80.5. The third-order valence-corrected chi connectivity index (χ3v) is 23.2. The quantitative estimate of drug-likeness (QED) is 0.0144. The molecule has 0 spiro atoms. The first-order chi connectivity index (χ1) is 67.0. The van der Waals surface area contributed by atoms with E-state index in [-0.39, 0.29) is 187 Å². The van der Waals surface area contributed by atoms with Crippen molar-refractivity contribution in [2.45, 2.75) is 237 Å². The molecule has 0 saturated carbocycles. The number of hydrogen-bond donors (Lipinski definition) is 19. The van der Waals surface area contributed by atoms with Gasteiger partial charge in [0, 0.05) is 144 Å². The number of primary amides is 1. The minimum atomic E-state index is -1.23. The number of carbonyl (C=O) groups excluding carboxylic acids is 13. The minimum absolute atomic E-state index is 0.00240. The molecular formula is C101H149N25O13. The third kappa shape index (κ3) is 46.7. The Morgan fingerprint density at radius 1 is 0.252 bits per heavy atom. The summed E-state index contributed by atoms with van der Waals surface area (Å²) in [4.78, 5) is 197. The second-order valence-electron chi connectivity index (χ2n) is 34.7. The van der Waals surface area contributed by atoms with Gasteiger partial charge in [0.25, 0.3) is 0 Å². The van der Waals surface area contributed by atoms with Gasteiger partial charge in [-0.15, -0.1) is 0 Å². The Morgan fingerprint density at radius 2 is 0.424 bits per heavy atom. The first-order valence-corrected chi connectivity index (χ1v) is 48.4. The first-order valence-electron chi connectivity index (χ1n) is 48.4. The van der Waals surface area contributed by atoms with Crippen molar-refractivity contribution in [1.29, 1.82) is 16.2 Å². The van der Waals surface area contributed by atoms with Crippen LogP contribution in [0.5, 0.6) is 0 Å². The van der Waals surface area contributed by atoms with Crippen LogP contribution in [0, 0.1) is 16.2 Å². The van der Waals surface area contributed by atoms with Crippen LogP contribution in [0.15, 0.2) is 182 Å². The monoisotopic (exact) mass is 1920 g/mol. The number of nitrogens with two attached hydrogens (primary N) is 7. The molecule has 0 aliphatic rings. The Balaban J connectivity index is 1.24. The average molecular weight is 1920 g/mol. The van der Waals surface area contributed by atoms with Gasteiger partial charge in [0.1, 0.15) is 36.3 Å². The molecular weight excluding hydrogens is 1770 g/mol. The topological polar surface area (TPSA) is 603 Å². The van der Waals surface area contributed by atoms with Gasteiger partial charge in [0.2, 0.25) is 76.8 Å². The first kappa shape index (κ1) is 114. The molecule has 0 aliphatic heterocycles. The van der Waals surface area contributed by atoms with Crippen LogP contribution in [0.1, 0.15) is 194 Å². The molecule has 0 aromatic heterocycles. The lowest BCUT2D eigenvalue weighted by molar-refractivity contribution is -0.140. The third-order valence-electron chi connectivity index (χ3n) is 23.2. The highest BCUT2D eigenvalue weighted by molar-refractivity contribution is 5.93. The fraction of sp³-hybridized carbons (Fsp3) is 0.485. The summed E-state index contributed by atoms with van der Waals surface area (Å²) in [7, 11) is 0. The standard InChI is InChI=1S/C101H149N25O13/c1-74(127)115-81(44-20-26-56-102)93(134)122(69-76-34-10-3-11-35-76)63-51-90(131)119-85(48-24-30-60-113-100(108)109)97(138)125(72-79-40-16-6-17-41-79)66-52-88(129)117-83(46-22-28-58-104)96(137)124(71-78-38-14-5-15-39-78)65-55-92(133)120-86(49-25-31-61-114-101(110)111)98(139)126(73-80-42-18-7-19-43-80)67-53-89(130)116-82(45-21-27-57-103)95(136)123(70-77-36-12-4-13-37-77)64-54-91(132)118-84(47-23-29-59-112-99(106)107)94(135)121(62-50-87(105)128)68-75-32-8-2-9-33-75/h2-19,32-43,81-86H,20-31,44-73,102-104H2,1H3,(H2,105,128)(H,115,127)(H,116,130)(H,117,129)(H,118,132)(H,119,131)(H,120,133)(H4,106,107,112)(H4,108,109,113)(H4,110,111,114)/t81-,82-,83-,84-,85-,86-/m0/s1. The molecule has 13 amide bonds. The molecule has 0 radical (unpaired) electrons. The Bertz CT molecular complexity index is 4770. The van der Waals surface area contributed by atoms with E-state index in [1.807, 2.05) is 133 Å². The van der Waals surface area contributed by atoms with Gasteiger partial charge in [0.15, 0.2) is 17.9 Å². The van der Waals surface area contributed by atoms with E-state index in [1.165, 1.54) is 36.3 Å². The molecule has 0 saturated heterocycles. The van der Waals surface area contributed by atoms with Gasteiger partial charge in [0.05, 0.1) is 0 Å². The summed E-state index contributed by atoms with van der Waals surface area (Å²) in [5.74, 6) is -7.70. The maximum absolute atomic E-state index is 15.6. The van der Waals surface area contributed by atoms with Gasteiger partial charge in [-0.25, -0.2) is 0 Å². The van der Waals surface area contributed by atoms with Crippen LogP contribution in [-0.4, -0.2) is 239 Å². The zero-order valence-electron chi connectivity index (χ0n) is 80.5. The van der Waals surface area contributed by atoms with Crippen molar-refractivity contribution < 1.29 is 62.3 Å². The number of nitrogens with zero attached hydrogens (tertiary/aromatic N) is 6. The second kappa shape index (κ2) is 65.8. The number of benzene rings is 6. The molecule has 6 rings (SSSR count). The van der Waals surface area contributed by atoms with Crippen molar-refractivity contribution >= 4 is 94.7 Å². The SMILES string of the molecule is CC(=O)N[C@@H](CCCCN)C(=O)N(CCC(=O)N[C@@H](CCCCNC(=N)N)C(=O)N(CCC(=O)N[C@@H](CCCCN)C(=O)N(CCC(=O)N[C@@H](CCCCNC(=N)N)C(=O)N(CCC(=O)N[C@@H](CCCCN)C(=O)N(CCC(=O)N[C@@H](CCCCNC(=N)N)C(=O)N(CCC(N)=O)Cc1ccccc1)Cc1ccccc1)Cc1ccccc1)Cc1ccccc1)Cc1ccccc1)Cc1ccccc1. The van der Waals surface area contributed by atoms with Crippen molar-refractivity contribution in [1.82, 2.24) is 77.3 Å². The Kier molecular flexibility index (Phi) is 53.9. The van der Waals surface area contributed by atoms with Crippen LogP contribution in [0.2, 0.25) is 0 Å². The highest BCUT2D eigenvalue weighted by atomic mass is 16.2. The van der Waals surface area contributed by atoms with Gasteiger partial charge in [-0.1, -0.05) is 182 Å². The smallest absolute Gasteiger partial charge is 0.245 e. The summed E-state index contributed by atoms with van der Waals surface area (Å²) in [5, 5.41) is 49.0. The minimum Gasteiger partial charge on any atom is -0.370 e. The van der Waals surface area contributed by atoms with Crippen molar-refractivity contribution in [3.05, 3.63) is 215 Å². The van der Waals surface area contributed by atoms with Crippen LogP contribution in [0.25, 0.3) is 0 Å². The van der Waals surface area contributed by atoms with E-state index in [1.54, 1.807) is 48.5 Å². The summed E-state index contributed by atoms with van der Waals surface area (Å²) in [6, 6.07) is 47.8. The Labute approximate surface area is 816 Å². The number of amides is 13. The maximum Gasteiger partial charge on any atom is 0.245 e. The molecule has 6 aromatic carbocycles. The van der Waals surface area contributed by atoms with Crippen molar-refractivity contribution in [3.8, 4) is 0 Å². The van der Waals surface area contributed by atoms with Gasteiger partial charge >= 0.3 is 0 Å². The summed E-state index contributed by atoms with van der Waals surface area (Å²) in [6.45, 7) is 2.46. The average Bonchev–Trinajstić information content (AvgIpc) is 0.862. The van der Waals surface area contributed by atoms with Crippen molar-refractivity contribution in [2.75, 3.05) is 78.5 Å². The lowest BCUT2D eigenvalue weighted by Gasteiger charge is -2.31. The van der Waals surface area contributed by atoms with Crippen molar-refractivity contribution in [2.24, 2.45) is 40.1 Å². The number of carbonyl (C=O) groups is 13. The fourth-order valence-electron chi connectivity index (χ4n) is 15.9. The number of nitrogens with one attached hydrogen (secondary N) is 12. The Morgan fingerprint density at radius 3 is 0.590 bits per heavy atom. The van der Waals surface area contributed by atoms with Gasteiger partial charge in [-0.2, -0.15) is 0 Å². The zero-order chi connectivity index (χ0) is 101. The van der Waals surface area contributed by atoms with E-state index in [9.17, 15) is 43.2 Å². The molecule has 0 aliphatic carbocycles. The second-order valence-corrected chi connectivity index (χ2v) is 34.7. The van der Waals surface area contributed by atoms with Gasteiger partial charge in [-0.05, 0) is 169 Å². The lowest BCUT2D eigenvalue weighted by Crippen LogP contribution is -2.52. The number of guanidine groups is 3. The molecule has 0 heterocycles. The molecule has 139 heavy (non-hydrogen) atoms. The summed E-state index contributed by atoms with van der Waals surface area (Å²) in [6.07, 6.45) is 4.68.